The number of nitrogens with one attached hydrogen (secondary N) is 1. The number of rotatable bonds is 6. The molecule has 2 atom stereocenters. The molecule has 0 bridgehead atoms. The van der Waals surface area contributed by atoms with Crippen molar-refractivity contribution in [2.75, 3.05) is 14.2 Å². The monoisotopic (exact) mass is 208 g/mol. The molecular formula is C12H20N2O. The van der Waals surface area contributed by atoms with Crippen LogP contribution in [-0.4, -0.2) is 31.3 Å². The molecule has 0 radical (unpaired) electrons. The average Bonchev–Trinajstić information content (AvgIpc) is 2.29. The van der Waals surface area contributed by atoms with Gasteiger partial charge in [0.25, 0.3) is 0 Å². The van der Waals surface area contributed by atoms with E-state index in [1.807, 2.05) is 25.4 Å². The smallest absolute Gasteiger partial charge is 0.0558 e. The Labute approximate surface area is 91.9 Å². The first-order chi connectivity index (χ1) is 7.26. The van der Waals surface area contributed by atoms with Crippen molar-refractivity contribution in [1.29, 1.82) is 0 Å². The van der Waals surface area contributed by atoms with Gasteiger partial charge in [0, 0.05) is 31.5 Å². The van der Waals surface area contributed by atoms with Crippen LogP contribution >= 0.6 is 0 Å². The van der Waals surface area contributed by atoms with Gasteiger partial charge in [0.1, 0.15) is 0 Å². The zero-order valence-electron chi connectivity index (χ0n) is 9.73. The molecule has 84 valence electrons. The van der Waals surface area contributed by atoms with Gasteiger partial charge in [0.05, 0.1) is 6.10 Å². The number of hydrogen-bond donors (Lipinski definition) is 1. The van der Waals surface area contributed by atoms with Gasteiger partial charge in [-0.3, -0.25) is 4.98 Å². The van der Waals surface area contributed by atoms with E-state index in [2.05, 4.69) is 23.3 Å². The second kappa shape index (κ2) is 6.53. The van der Waals surface area contributed by atoms with Crippen LogP contribution in [0.15, 0.2) is 24.4 Å². The van der Waals surface area contributed by atoms with Crippen LogP contribution in [0.4, 0.5) is 0 Å². The molecule has 1 heterocycles. The van der Waals surface area contributed by atoms with Crippen molar-refractivity contribution < 1.29 is 4.74 Å². The maximum atomic E-state index is 5.26. The summed E-state index contributed by atoms with van der Waals surface area (Å²) in [7, 11) is 3.73. The lowest BCUT2D eigenvalue weighted by Gasteiger charge is -2.19. The molecule has 0 spiro atoms. The summed E-state index contributed by atoms with van der Waals surface area (Å²) in [5, 5.41) is 3.30. The van der Waals surface area contributed by atoms with Gasteiger partial charge in [0.15, 0.2) is 0 Å². The number of aromatic nitrogens is 1. The number of likely N-dealkylation sites (N-methyl/N-ethyl adjacent to an activating group) is 1. The van der Waals surface area contributed by atoms with E-state index in [4.69, 9.17) is 4.74 Å². The van der Waals surface area contributed by atoms with E-state index in [9.17, 15) is 0 Å². The van der Waals surface area contributed by atoms with Crippen molar-refractivity contribution in [3.63, 3.8) is 0 Å². The van der Waals surface area contributed by atoms with E-state index in [1.165, 1.54) is 0 Å². The Bertz CT molecular complexity index is 264. The molecule has 0 aliphatic rings. The third-order valence-electron chi connectivity index (χ3n) is 2.61. The molecule has 0 aromatic carbocycles. The van der Waals surface area contributed by atoms with E-state index >= 15 is 0 Å². The molecule has 15 heavy (non-hydrogen) atoms. The molecule has 2 unspecified atom stereocenters. The van der Waals surface area contributed by atoms with Gasteiger partial charge in [-0.1, -0.05) is 6.07 Å². The molecule has 0 aliphatic carbocycles. The van der Waals surface area contributed by atoms with Crippen molar-refractivity contribution >= 4 is 0 Å². The third-order valence-corrected chi connectivity index (χ3v) is 2.61. The molecule has 3 heteroatoms. The maximum Gasteiger partial charge on any atom is 0.0558 e. The maximum absolute atomic E-state index is 5.26. The minimum Gasteiger partial charge on any atom is -0.382 e. The number of ether oxygens (including phenoxy) is 1. The Balaban J connectivity index is 2.47. The molecule has 1 aromatic rings. The van der Waals surface area contributed by atoms with E-state index < -0.39 is 0 Å². The Morgan fingerprint density at radius 3 is 2.80 bits per heavy atom. The zero-order valence-corrected chi connectivity index (χ0v) is 9.73. The number of hydrogen-bond acceptors (Lipinski definition) is 3. The van der Waals surface area contributed by atoms with Crippen molar-refractivity contribution in [3.05, 3.63) is 30.1 Å². The molecule has 0 saturated carbocycles. The van der Waals surface area contributed by atoms with Crippen LogP contribution in [0, 0.1) is 0 Å². The van der Waals surface area contributed by atoms with Crippen LogP contribution < -0.4 is 5.32 Å². The predicted molar refractivity (Wildman–Crippen MR) is 61.9 cm³/mol. The van der Waals surface area contributed by atoms with Gasteiger partial charge < -0.3 is 10.1 Å². The van der Waals surface area contributed by atoms with Crippen LogP contribution in [0.1, 0.15) is 19.0 Å². The zero-order chi connectivity index (χ0) is 11.1. The van der Waals surface area contributed by atoms with Crippen LogP contribution in [0.3, 0.4) is 0 Å². The summed E-state index contributed by atoms with van der Waals surface area (Å²) < 4.78 is 5.26. The van der Waals surface area contributed by atoms with Crippen LogP contribution in [-0.2, 0) is 11.2 Å². The Kier molecular flexibility index (Phi) is 5.29. The van der Waals surface area contributed by atoms with E-state index in [0.29, 0.717) is 6.04 Å². The quantitative estimate of drug-likeness (QED) is 0.771. The van der Waals surface area contributed by atoms with Gasteiger partial charge in [-0.05, 0) is 32.5 Å². The summed E-state index contributed by atoms with van der Waals surface area (Å²) in [5.41, 5.74) is 1.13. The standard InChI is InChI=1S/C12H20N2O/c1-10(15-3)8-12(13-2)9-11-6-4-5-7-14-11/h4-7,10,12-13H,8-9H2,1-3H3. The number of nitrogens with zero attached hydrogens (tertiary/aromatic N) is 1. The molecule has 1 rings (SSSR count). The van der Waals surface area contributed by atoms with Gasteiger partial charge in [-0.15, -0.1) is 0 Å². The second-order valence-electron chi connectivity index (χ2n) is 3.79. The first-order valence-corrected chi connectivity index (χ1v) is 5.36. The van der Waals surface area contributed by atoms with E-state index in [1.54, 1.807) is 7.11 Å². The summed E-state index contributed by atoms with van der Waals surface area (Å²) in [5.74, 6) is 0. The molecular weight excluding hydrogens is 188 g/mol. The summed E-state index contributed by atoms with van der Waals surface area (Å²) in [6, 6.07) is 6.45. The lowest BCUT2D eigenvalue weighted by Crippen LogP contribution is -2.31. The van der Waals surface area contributed by atoms with Crippen LogP contribution in [0.2, 0.25) is 0 Å². The molecule has 3 nitrogen and oxygen atoms in total. The molecule has 0 fully saturated rings. The van der Waals surface area contributed by atoms with E-state index in [0.717, 1.165) is 18.5 Å². The Hall–Kier alpha value is -0.930. The molecule has 0 saturated heterocycles. The minimum atomic E-state index is 0.283. The Morgan fingerprint density at radius 2 is 2.27 bits per heavy atom. The van der Waals surface area contributed by atoms with Gasteiger partial charge in [0.2, 0.25) is 0 Å². The van der Waals surface area contributed by atoms with Crippen molar-refractivity contribution in [2.24, 2.45) is 0 Å². The molecule has 0 amide bonds. The van der Waals surface area contributed by atoms with Crippen LogP contribution in [0.5, 0.6) is 0 Å². The topological polar surface area (TPSA) is 34.2 Å². The highest BCUT2D eigenvalue weighted by atomic mass is 16.5. The minimum absolute atomic E-state index is 0.283. The number of pyridine rings is 1. The first-order valence-electron chi connectivity index (χ1n) is 5.36. The highest BCUT2D eigenvalue weighted by molar-refractivity contribution is 5.05. The third kappa shape index (κ3) is 4.40. The first kappa shape index (κ1) is 12.1. The Morgan fingerprint density at radius 1 is 1.47 bits per heavy atom. The summed E-state index contributed by atoms with van der Waals surface area (Å²) in [6.07, 6.45) is 4.07. The van der Waals surface area contributed by atoms with Crippen molar-refractivity contribution in [3.8, 4) is 0 Å². The van der Waals surface area contributed by atoms with Gasteiger partial charge in [-0.25, -0.2) is 0 Å². The SMILES string of the molecule is CNC(Cc1ccccn1)CC(C)OC. The van der Waals surface area contributed by atoms with Gasteiger partial charge in [-0.2, -0.15) is 0 Å². The number of methoxy groups -OCH3 is 1. The van der Waals surface area contributed by atoms with Crippen LogP contribution in [0.25, 0.3) is 0 Å². The van der Waals surface area contributed by atoms with Gasteiger partial charge >= 0.3 is 0 Å². The normalized spacial score (nSPS) is 14.9. The lowest BCUT2D eigenvalue weighted by atomic mass is 10.0. The molecule has 1 N–H and O–H groups in total. The fourth-order valence-corrected chi connectivity index (χ4v) is 1.57. The average molecular weight is 208 g/mol. The fraction of sp³-hybridized carbons (Fsp3) is 0.583. The lowest BCUT2D eigenvalue weighted by molar-refractivity contribution is 0.101. The molecule has 1 aromatic heterocycles. The van der Waals surface area contributed by atoms with E-state index in [-0.39, 0.29) is 6.10 Å². The second-order valence-corrected chi connectivity index (χ2v) is 3.79. The molecule has 0 aliphatic heterocycles. The summed E-state index contributed by atoms with van der Waals surface area (Å²) >= 11 is 0. The summed E-state index contributed by atoms with van der Waals surface area (Å²) in [6.45, 7) is 2.09. The highest BCUT2D eigenvalue weighted by Gasteiger charge is 2.11. The van der Waals surface area contributed by atoms with Crippen molar-refractivity contribution in [2.45, 2.75) is 31.9 Å². The summed E-state index contributed by atoms with van der Waals surface area (Å²) in [4.78, 5) is 4.32. The predicted octanol–water partition coefficient (Wildman–Crippen LogP) is 1.64. The van der Waals surface area contributed by atoms with Crippen molar-refractivity contribution in [1.82, 2.24) is 10.3 Å². The highest BCUT2D eigenvalue weighted by Crippen LogP contribution is 2.06. The fourth-order valence-electron chi connectivity index (χ4n) is 1.57. The largest absolute Gasteiger partial charge is 0.382 e.